The lowest BCUT2D eigenvalue weighted by Gasteiger charge is -2.26. The molecule has 3 heteroatoms. The first-order chi connectivity index (χ1) is 8.00. The summed E-state index contributed by atoms with van der Waals surface area (Å²) in [5.41, 5.74) is 1.50. The van der Waals surface area contributed by atoms with Gasteiger partial charge in [0.15, 0.2) is 0 Å². The minimum absolute atomic E-state index is 0.193. The highest BCUT2D eigenvalue weighted by Gasteiger charge is 2.24. The van der Waals surface area contributed by atoms with Crippen LogP contribution in [0.1, 0.15) is 32.8 Å². The normalized spacial score (nSPS) is 18.9. The van der Waals surface area contributed by atoms with Gasteiger partial charge in [0.25, 0.3) is 0 Å². The second-order valence-corrected chi connectivity index (χ2v) is 6.23. The van der Waals surface area contributed by atoms with Crippen LogP contribution >= 0.6 is 15.9 Å². The van der Waals surface area contributed by atoms with Crippen molar-refractivity contribution in [3.05, 3.63) is 28.2 Å². The van der Waals surface area contributed by atoms with Gasteiger partial charge in [0.05, 0.1) is 0 Å². The molecule has 0 spiro atoms. The molecular formula is C14H20BrNO. The van der Waals surface area contributed by atoms with Gasteiger partial charge in [-0.3, -0.25) is 0 Å². The third-order valence-corrected chi connectivity index (χ3v) is 3.95. The molecule has 0 amide bonds. The fourth-order valence-electron chi connectivity index (χ4n) is 1.92. The Labute approximate surface area is 112 Å². The van der Waals surface area contributed by atoms with Crippen molar-refractivity contribution in [2.75, 3.05) is 6.54 Å². The Morgan fingerprint density at radius 2 is 2.24 bits per heavy atom. The predicted octanol–water partition coefficient (Wildman–Crippen LogP) is 3.53. The molecule has 1 aromatic rings. The van der Waals surface area contributed by atoms with Gasteiger partial charge in [-0.15, -0.1) is 0 Å². The summed E-state index contributed by atoms with van der Waals surface area (Å²) in [5, 5.41) is 3.56. The molecule has 0 bridgehead atoms. The van der Waals surface area contributed by atoms with Gasteiger partial charge in [0.1, 0.15) is 11.9 Å². The van der Waals surface area contributed by atoms with E-state index >= 15 is 0 Å². The Kier molecular flexibility index (Phi) is 3.79. The second kappa shape index (κ2) is 4.99. The summed E-state index contributed by atoms with van der Waals surface area (Å²) in [6, 6.07) is 6.23. The zero-order valence-corrected chi connectivity index (χ0v) is 12.3. The van der Waals surface area contributed by atoms with E-state index < -0.39 is 0 Å². The number of nitrogens with one attached hydrogen (secondary N) is 1. The summed E-state index contributed by atoms with van der Waals surface area (Å²) < 4.78 is 7.05. The molecule has 1 heterocycles. The van der Waals surface area contributed by atoms with E-state index in [0.29, 0.717) is 0 Å². The van der Waals surface area contributed by atoms with E-state index in [1.807, 2.05) is 12.1 Å². The van der Waals surface area contributed by atoms with Gasteiger partial charge in [0.2, 0.25) is 0 Å². The summed E-state index contributed by atoms with van der Waals surface area (Å²) in [7, 11) is 0. The highest BCUT2D eigenvalue weighted by Crippen LogP contribution is 2.31. The number of rotatable bonds is 4. The van der Waals surface area contributed by atoms with Crippen molar-refractivity contribution in [3.63, 3.8) is 0 Å². The standard InChI is InChI=1S/C14H20BrNO/c1-4-14(2,3)16-9-12-8-10-7-11(15)5-6-13(10)17-12/h5-7,12,16H,4,8-9H2,1-3H3. The third kappa shape index (κ3) is 3.23. The van der Waals surface area contributed by atoms with E-state index in [2.05, 4.69) is 48.1 Å². The number of fused-ring (bicyclic) bond motifs is 1. The van der Waals surface area contributed by atoms with Crippen molar-refractivity contribution in [3.8, 4) is 5.75 Å². The predicted molar refractivity (Wildman–Crippen MR) is 74.6 cm³/mol. The van der Waals surface area contributed by atoms with Crippen LogP contribution in [0.25, 0.3) is 0 Å². The number of hydrogen-bond donors (Lipinski definition) is 1. The lowest BCUT2D eigenvalue weighted by Crippen LogP contribution is -2.43. The van der Waals surface area contributed by atoms with Crippen molar-refractivity contribution in [1.29, 1.82) is 0 Å². The average molecular weight is 298 g/mol. The van der Waals surface area contributed by atoms with Crippen molar-refractivity contribution in [2.24, 2.45) is 0 Å². The Hall–Kier alpha value is -0.540. The molecule has 0 radical (unpaired) electrons. The Morgan fingerprint density at radius 1 is 1.47 bits per heavy atom. The molecule has 2 nitrogen and oxygen atoms in total. The average Bonchev–Trinajstić information content (AvgIpc) is 2.68. The van der Waals surface area contributed by atoms with E-state index in [1.165, 1.54) is 5.56 Å². The second-order valence-electron chi connectivity index (χ2n) is 5.31. The Morgan fingerprint density at radius 3 is 2.94 bits per heavy atom. The van der Waals surface area contributed by atoms with Crippen LogP contribution in [0.2, 0.25) is 0 Å². The Bertz CT molecular complexity index is 403. The summed E-state index contributed by atoms with van der Waals surface area (Å²) in [4.78, 5) is 0. The van der Waals surface area contributed by atoms with Crippen LogP contribution in [0.15, 0.2) is 22.7 Å². The monoisotopic (exact) mass is 297 g/mol. The minimum atomic E-state index is 0.193. The minimum Gasteiger partial charge on any atom is -0.488 e. The lowest BCUT2D eigenvalue weighted by atomic mass is 10.0. The maximum atomic E-state index is 5.92. The van der Waals surface area contributed by atoms with Crippen molar-refractivity contribution in [1.82, 2.24) is 5.32 Å². The first-order valence-corrected chi connectivity index (χ1v) is 6.99. The number of halogens is 1. The van der Waals surface area contributed by atoms with Gasteiger partial charge in [-0.2, -0.15) is 0 Å². The molecule has 17 heavy (non-hydrogen) atoms. The van der Waals surface area contributed by atoms with Gasteiger partial charge in [-0.25, -0.2) is 0 Å². The van der Waals surface area contributed by atoms with E-state index in [-0.39, 0.29) is 11.6 Å². The van der Waals surface area contributed by atoms with Gasteiger partial charge in [0, 0.05) is 23.0 Å². The zero-order chi connectivity index (χ0) is 12.5. The number of ether oxygens (including phenoxy) is 1. The molecule has 94 valence electrons. The van der Waals surface area contributed by atoms with E-state index in [1.54, 1.807) is 0 Å². The quantitative estimate of drug-likeness (QED) is 0.918. The van der Waals surface area contributed by atoms with Crippen LogP contribution in [0.4, 0.5) is 0 Å². The molecule has 1 aromatic carbocycles. The molecule has 2 rings (SSSR count). The molecular weight excluding hydrogens is 278 g/mol. The lowest BCUT2D eigenvalue weighted by molar-refractivity contribution is 0.207. The molecule has 1 aliphatic rings. The maximum absolute atomic E-state index is 5.92. The fourth-order valence-corrected chi connectivity index (χ4v) is 2.33. The van der Waals surface area contributed by atoms with E-state index in [0.717, 1.165) is 29.6 Å². The van der Waals surface area contributed by atoms with Crippen molar-refractivity contribution >= 4 is 15.9 Å². The maximum Gasteiger partial charge on any atom is 0.123 e. The topological polar surface area (TPSA) is 21.3 Å². The van der Waals surface area contributed by atoms with Crippen molar-refractivity contribution in [2.45, 2.75) is 45.3 Å². The largest absolute Gasteiger partial charge is 0.488 e. The molecule has 0 saturated carbocycles. The number of benzene rings is 1. The molecule has 1 aliphatic heterocycles. The van der Waals surface area contributed by atoms with Gasteiger partial charge in [-0.05, 0) is 44.0 Å². The van der Waals surface area contributed by atoms with Crippen LogP contribution in [0, 0.1) is 0 Å². The van der Waals surface area contributed by atoms with E-state index in [9.17, 15) is 0 Å². The molecule has 0 aliphatic carbocycles. The highest BCUT2D eigenvalue weighted by atomic mass is 79.9. The molecule has 0 saturated heterocycles. The third-order valence-electron chi connectivity index (χ3n) is 3.46. The first kappa shape index (κ1) is 12.9. The van der Waals surface area contributed by atoms with Crippen LogP contribution in [-0.4, -0.2) is 18.2 Å². The molecule has 0 aromatic heterocycles. The van der Waals surface area contributed by atoms with Crippen LogP contribution in [0.5, 0.6) is 5.75 Å². The summed E-state index contributed by atoms with van der Waals surface area (Å²) in [5.74, 6) is 1.04. The van der Waals surface area contributed by atoms with Gasteiger partial charge in [-0.1, -0.05) is 22.9 Å². The molecule has 0 fully saturated rings. The molecule has 1 N–H and O–H groups in total. The van der Waals surface area contributed by atoms with Crippen LogP contribution < -0.4 is 10.1 Å². The van der Waals surface area contributed by atoms with Crippen LogP contribution in [0.3, 0.4) is 0 Å². The molecule has 1 unspecified atom stereocenters. The first-order valence-electron chi connectivity index (χ1n) is 6.20. The highest BCUT2D eigenvalue weighted by molar-refractivity contribution is 9.10. The van der Waals surface area contributed by atoms with Crippen LogP contribution in [-0.2, 0) is 6.42 Å². The summed E-state index contributed by atoms with van der Waals surface area (Å²) >= 11 is 3.50. The smallest absolute Gasteiger partial charge is 0.123 e. The zero-order valence-electron chi connectivity index (χ0n) is 10.7. The van der Waals surface area contributed by atoms with Gasteiger partial charge < -0.3 is 10.1 Å². The van der Waals surface area contributed by atoms with Gasteiger partial charge >= 0.3 is 0 Å². The number of hydrogen-bond acceptors (Lipinski definition) is 2. The summed E-state index contributed by atoms with van der Waals surface area (Å²) in [6.07, 6.45) is 2.39. The molecule has 1 atom stereocenters. The Balaban J connectivity index is 1.92. The summed E-state index contributed by atoms with van der Waals surface area (Å²) in [6.45, 7) is 7.57. The van der Waals surface area contributed by atoms with Crippen molar-refractivity contribution < 1.29 is 4.74 Å². The van der Waals surface area contributed by atoms with E-state index in [4.69, 9.17) is 4.74 Å². The SMILES string of the molecule is CCC(C)(C)NCC1Cc2cc(Br)ccc2O1. The fraction of sp³-hybridized carbons (Fsp3) is 0.571.